The fourth-order valence-electron chi connectivity index (χ4n) is 2.03. The molecule has 3 rings (SSSR count). The Kier molecular flexibility index (Phi) is 4.25. The zero-order valence-electron chi connectivity index (χ0n) is 12.1. The lowest BCUT2D eigenvalue weighted by Crippen LogP contribution is -1.96. The monoisotopic (exact) mass is 343 g/mol. The van der Waals surface area contributed by atoms with Crippen molar-refractivity contribution in [1.29, 1.82) is 0 Å². The Morgan fingerprint density at radius 1 is 1.29 bits per heavy atom. The number of benzene rings is 2. The van der Waals surface area contributed by atoms with E-state index in [2.05, 4.69) is 15.3 Å². The highest BCUT2D eigenvalue weighted by Gasteiger charge is 2.09. The summed E-state index contributed by atoms with van der Waals surface area (Å²) in [5, 5.41) is 21.7. The molecule has 1 aromatic heterocycles. The summed E-state index contributed by atoms with van der Waals surface area (Å²) in [7, 11) is 0. The molecule has 0 saturated carbocycles. The number of nitro benzene ring substituents is 1. The average molecular weight is 343 g/mol. The van der Waals surface area contributed by atoms with Crippen LogP contribution in [-0.2, 0) is 0 Å². The number of hydrogen-bond donors (Lipinski definition) is 1. The quantitative estimate of drug-likeness (QED) is 0.340. The molecule has 0 aliphatic carbocycles. The fourth-order valence-corrected chi connectivity index (χ4v) is 2.21. The van der Waals surface area contributed by atoms with E-state index in [1.807, 2.05) is 0 Å². The molecule has 2 aromatic carbocycles. The summed E-state index contributed by atoms with van der Waals surface area (Å²) in [5.41, 5.74) is 1.13. The number of nitrogens with zero attached hydrogens (tertiary/aromatic N) is 4. The van der Waals surface area contributed by atoms with Crippen molar-refractivity contribution < 1.29 is 9.31 Å². The molecular formula is C15H10FN5O2S. The van der Waals surface area contributed by atoms with Gasteiger partial charge in [-0.2, -0.15) is 14.9 Å². The van der Waals surface area contributed by atoms with Gasteiger partial charge in [-0.3, -0.25) is 10.1 Å². The lowest BCUT2D eigenvalue weighted by Gasteiger charge is -2.01. The third-order valence-corrected chi connectivity index (χ3v) is 3.42. The van der Waals surface area contributed by atoms with E-state index in [0.29, 0.717) is 17.0 Å². The summed E-state index contributed by atoms with van der Waals surface area (Å²) < 4.78 is 14.6. The number of hydrogen-bond acceptors (Lipinski definition) is 5. The molecule has 1 heterocycles. The number of nitro groups is 1. The molecule has 0 spiro atoms. The van der Waals surface area contributed by atoms with E-state index >= 15 is 0 Å². The van der Waals surface area contributed by atoms with Crippen LogP contribution in [0.15, 0.2) is 53.6 Å². The zero-order chi connectivity index (χ0) is 17.1. The van der Waals surface area contributed by atoms with Gasteiger partial charge in [-0.1, -0.05) is 12.1 Å². The van der Waals surface area contributed by atoms with Crippen LogP contribution in [0.4, 0.5) is 10.1 Å². The fraction of sp³-hybridized carbons (Fsp3) is 0. The minimum atomic E-state index is -0.481. The number of aromatic amines is 1. The molecule has 24 heavy (non-hydrogen) atoms. The minimum Gasteiger partial charge on any atom is -0.258 e. The lowest BCUT2D eigenvalue weighted by atomic mass is 10.2. The Morgan fingerprint density at radius 3 is 2.75 bits per heavy atom. The first-order valence-electron chi connectivity index (χ1n) is 6.77. The van der Waals surface area contributed by atoms with Crippen LogP contribution in [0.25, 0.3) is 11.4 Å². The van der Waals surface area contributed by atoms with Crippen LogP contribution in [-0.4, -0.2) is 26.0 Å². The van der Waals surface area contributed by atoms with Gasteiger partial charge in [0.2, 0.25) is 4.77 Å². The van der Waals surface area contributed by atoms with Crippen molar-refractivity contribution in [2.75, 3.05) is 0 Å². The summed E-state index contributed by atoms with van der Waals surface area (Å²) in [6, 6.07) is 11.8. The molecule has 0 atom stereocenters. The third-order valence-electron chi connectivity index (χ3n) is 3.16. The smallest absolute Gasteiger partial charge is 0.258 e. The Hall–Kier alpha value is -3.20. The highest BCUT2D eigenvalue weighted by Crippen LogP contribution is 2.18. The number of non-ortho nitro benzene ring substituents is 1. The molecule has 0 amide bonds. The SMILES string of the molecule is O=[N+]([O-])c1cccc(C=Nn2c(-c3ccc(F)cc3)n[nH]c2=S)c1. The van der Waals surface area contributed by atoms with Crippen molar-refractivity contribution >= 4 is 24.1 Å². The van der Waals surface area contributed by atoms with Gasteiger partial charge < -0.3 is 0 Å². The van der Waals surface area contributed by atoms with Crippen LogP contribution in [0, 0.1) is 20.7 Å². The standard InChI is InChI=1S/C15H10FN5O2S/c16-12-6-4-11(5-7-12)14-18-19-15(24)20(14)17-9-10-2-1-3-13(8-10)21(22)23/h1-9H,(H,19,24). The van der Waals surface area contributed by atoms with E-state index < -0.39 is 4.92 Å². The van der Waals surface area contributed by atoms with Crippen molar-refractivity contribution in [2.24, 2.45) is 5.10 Å². The number of aromatic nitrogens is 3. The lowest BCUT2D eigenvalue weighted by molar-refractivity contribution is -0.384. The predicted molar refractivity (Wildman–Crippen MR) is 88.9 cm³/mol. The Morgan fingerprint density at radius 2 is 2.04 bits per heavy atom. The highest BCUT2D eigenvalue weighted by molar-refractivity contribution is 7.71. The van der Waals surface area contributed by atoms with Gasteiger partial charge in [0, 0.05) is 23.3 Å². The molecule has 0 unspecified atom stereocenters. The topological polar surface area (TPSA) is 89.1 Å². The molecule has 120 valence electrons. The van der Waals surface area contributed by atoms with Crippen LogP contribution < -0.4 is 0 Å². The number of nitrogens with one attached hydrogen (secondary N) is 1. The summed E-state index contributed by atoms with van der Waals surface area (Å²) in [6.07, 6.45) is 1.44. The predicted octanol–water partition coefficient (Wildman–Crippen LogP) is 3.54. The van der Waals surface area contributed by atoms with Gasteiger partial charge in [-0.15, -0.1) is 0 Å². The molecule has 0 bridgehead atoms. The van der Waals surface area contributed by atoms with E-state index in [-0.39, 0.29) is 16.3 Å². The Balaban J connectivity index is 1.97. The maximum Gasteiger partial charge on any atom is 0.270 e. The van der Waals surface area contributed by atoms with Crippen molar-refractivity contribution in [3.8, 4) is 11.4 Å². The third kappa shape index (κ3) is 3.25. The molecule has 9 heteroatoms. The van der Waals surface area contributed by atoms with Crippen LogP contribution in [0.1, 0.15) is 5.56 Å². The summed E-state index contributed by atoms with van der Waals surface area (Å²) >= 11 is 5.13. The number of H-pyrrole nitrogens is 1. The van der Waals surface area contributed by atoms with E-state index in [1.165, 1.54) is 35.2 Å². The molecule has 3 aromatic rings. The summed E-state index contributed by atoms with van der Waals surface area (Å²) in [5.74, 6) is 0.0428. The maximum atomic E-state index is 13.0. The molecule has 0 fully saturated rings. The van der Waals surface area contributed by atoms with E-state index in [0.717, 1.165) is 0 Å². The largest absolute Gasteiger partial charge is 0.270 e. The van der Waals surface area contributed by atoms with Gasteiger partial charge in [0.15, 0.2) is 5.82 Å². The second-order valence-electron chi connectivity index (χ2n) is 4.77. The second-order valence-corrected chi connectivity index (χ2v) is 5.15. The Bertz CT molecular complexity index is 978. The normalized spacial score (nSPS) is 11.0. The highest BCUT2D eigenvalue weighted by atomic mass is 32.1. The first-order valence-corrected chi connectivity index (χ1v) is 7.17. The van der Waals surface area contributed by atoms with E-state index in [1.54, 1.807) is 24.3 Å². The molecule has 0 aliphatic rings. The average Bonchev–Trinajstić information content (AvgIpc) is 2.95. The van der Waals surface area contributed by atoms with Crippen molar-refractivity contribution in [3.63, 3.8) is 0 Å². The summed E-state index contributed by atoms with van der Waals surface area (Å²) in [6.45, 7) is 0. The molecule has 0 saturated heterocycles. The van der Waals surface area contributed by atoms with Gasteiger partial charge in [0.25, 0.3) is 5.69 Å². The van der Waals surface area contributed by atoms with Crippen molar-refractivity contribution in [1.82, 2.24) is 14.9 Å². The van der Waals surface area contributed by atoms with Crippen molar-refractivity contribution in [3.05, 3.63) is 74.8 Å². The van der Waals surface area contributed by atoms with Crippen LogP contribution in [0.3, 0.4) is 0 Å². The van der Waals surface area contributed by atoms with Gasteiger partial charge in [-0.25, -0.2) is 9.49 Å². The first-order chi connectivity index (χ1) is 11.5. The maximum absolute atomic E-state index is 13.0. The molecule has 7 nitrogen and oxygen atoms in total. The Labute approximate surface area is 140 Å². The zero-order valence-corrected chi connectivity index (χ0v) is 12.9. The second kappa shape index (κ2) is 6.50. The van der Waals surface area contributed by atoms with Crippen LogP contribution in [0.2, 0.25) is 0 Å². The van der Waals surface area contributed by atoms with Crippen LogP contribution >= 0.6 is 12.2 Å². The van der Waals surface area contributed by atoms with Crippen molar-refractivity contribution in [2.45, 2.75) is 0 Å². The number of rotatable bonds is 4. The van der Waals surface area contributed by atoms with Gasteiger partial charge >= 0.3 is 0 Å². The van der Waals surface area contributed by atoms with E-state index in [9.17, 15) is 14.5 Å². The minimum absolute atomic E-state index is 0.0338. The molecule has 0 radical (unpaired) electrons. The number of halogens is 1. The van der Waals surface area contributed by atoms with Gasteiger partial charge in [0.05, 0.1) is 11.1 Å². The first kappa shape index (κ1) is 15.7. The van der Waals surface area contributed by atoms with Gasteiger partial charge in [0.1, 0.15) is 5.82 Å². The molecule has 0 aliphatic heterocycles. The summed E-state index contributed by atoms with van der Waals surface area (Å²) in [4.78, 5) is 10.3. The van der Waals surface area contributed by atoms with E-state index in [4.69, 9.17) is 12.2 Å². The molecular weight excluding hydrogens is 333 g/mol. The van der Waals surface area contributed by atoms with Crippen LogP contribution in [0.5, 0.6) is 0 Å². The molecule has 1 N–H and O–H groups in total. The van der Waals surface area contributed by atoms with Gasteiger partial charge in [-0.05, 0) is 36.5 Å².